The molecule has 2 heterocycles. The summed E-state index contributed by atoms with van der Waals surface area (Å²) in [5, 5.41) is 15.7. The van der Waals surface area contributed by atoms with Crippen LogP contribution in [0, 0.1) is 0 Å². The first kappa shape index (κ1) is 9.48. The van der Waals surface area contributed by atoms with Gasteiger partial charge < -0.3 is 10.2 Å². The number of carbonyl (C=O) groups is 1. The van der Waals surface area contributed by atoms with Gasteiger partial charge in [0.2, 0.25) is 0 Å². The van der Waals surface area contributed by atoms with Gasteiger partial charge in [-0.1, -0.05) is 0 Å². The summed E-state index contributed by atoms with van der Waals surface area (Å²) in [4.78, 5) is 10.8. The zero-order valence-corrected chi connectivity index (χ0v) is 7.02. The lowest BCUT2D eigenvalue weighted by Gasteiger charge is -2.38. The quantitative estimate of drug-likeness (QED) is 0.544. The molecule has 70 valence electrons. The molecule has 2 aliphatic heterocycles. The molecule has 0 saturated carbocycles. The number of aliphatic hydroxyl groups is 1. The Hall–Kier alpha value is -0.610. The van der Waals surface area contributed by atoms with Gasteiger partial charge in [0.25, 0.3) is 6.47 Å². The third kappa shape index (κ3) is 1.76. The molecule has 0 amide bonds. The van der Waals surface area contributed by atoms with Gasteiger partial charge in [0.15, 0.2) is 0 Å². The first-order valence-electron chi connectivity index (χ1n) is 4.28. The number of aliphatic hydroxyl groups excluding tert-OH is 1. The Bertz CT molecular complexity index is 149. The van der Waals surface area contributed by atoms with Crippen LogP contribution in [0.4, 0.5) is 0 Å². The molecular formula is C8H15NO3. The van der Waals surface area contributed by atoms with E-state index in [2.05, 4.69) is 4.90 Å². The molecule has 0 spiro atoms. The van der Waals surface area contributed by atoms with E-state index in [0.29, 0.717) is 12.6 Å². The molecule has 0 radical (unpaired) electrons. The van der Waals surface area contributed by atoms with Crippen LogP contribution in [-0.2, 0) is 4.79 Å². The van der Waals surface area contributed by atoms with Gasteiger partial charge >= 0.3 is 0 Å². The summed E-state index contributed by atoms with van der Waals surface area (Å²) < 4.78 is 0. The highest BCUT2D eigenvalue weighted by Gasteiger charge is 2.38. The number of rotatable bonds is 1. The Morgan fingerprint density at radius 2 is 2.08 bits per heavy atom. The molecule has 4 heteroatoms. The predicted octanol–water partition coefficient (Wildman–Crippen LogP) is -0.0838. The SMILES string of the molecule is O=CO.OCC1CCC2CCN12. The van der Waals surface area contributed by atoms with Crippen molar-refractivity contribution in [1.82, 2.24) is 4.90 Å². The van der Waals surface area contributed by atoms with E-state index in [1.807, 2.05) is 0 Å². The fourth-order valence-corrected chi connectivity index (χ4v) is 2.00. The lowest BCUT2D eigenvalue weighted by molar-refractivity contribution is -0.122. The molecule has 0 aromatic heterocycles. The topological polar surface area (TPSA) is 60.8 Å². The average Bonchev–Trinajstić information content (AvgIpc) is 2.27. The smallest absolute Gasteiger partial charge is 0.290 e. The minimum atomic E-state index is -0.250. The summed E-state index contributed by atoms with van der Waals surface area (Å²) in [7, 11) is 0. The minimum Gasteiger partial charge on any atom is -0.483 e. The van der Waals surface area contributed by atoms with Crippen LogP contribution in [0.25, 0.3) is 0 Å². The van der Waals surface area contributed by atoms with Crippen molar-refractivity contribution in [2.75, 3.05) is 13.2 Å². The van der Waals surface area contributed by atoms with Crippen molar-refractivity contribution in [2.45, 2.75) is 31.3 Å². The molecule has 4 nitrogen and oxygen atoms in total. The maximum absolute atomic E-state index is 8.85. The average molecular weight is 173 g/mol. The van der Waals surface area contributed by atoms with E-state index in [0.717, 1.165) is 6.04 Å². The lowest BCUT2D eigenvalue weighted by atomic mass is 10.1. The molecule has 2 rings (SSSR count). The van der Waals surface area contributed by atoms with Gasteiger partial charge in [0, 0.05) is 18.6 Å². The molecule has 0 aliphatic carbocycles. The normalized spacial score (nSPS) is 32.8. The molecule has 0 bridgehead atoms. The van der Waals surface area contributed by atoms with Crippen LogP contribution in [0.2, 0.25) is 0 Å². The number of hydrogen-bond acceptors (Lipinski definition) is 3. The molecule has 0 aromatic rings. The molecule has 2 N–H and O–H groups in total. The van der Waals surface area contributed by atoms with Crippen molar-refractivity contribution in [3.05, 3.63) is 0 Å². The molecule has 0 aromatic carbocycles. The van der Waals surface area contributed by atoms with Crippen LogP contribution in [0.5, 0.6) is 0 Å². The molecular weight excluding hydrogens is 158 g/mol. The number of carboxylic acid groups (broad SMARTS) is 1. The van der Waals surface area contributed by atoms with Crippen molar-refractivity contribution in [1.29, 1.82) is 0 Å². The zero-order valence-electron chi connectivity index (χ0n) is 7.02. The van der Waals surface area contributed by atoms with Crippen LogP contribution in [-0.4, -0.2) is 46.8 Å². The Morgan fingerprint density at radius 3 is 2.33 bits per heavy atom. The summed E-state index contributed by atoms with van der Waals surface area (Å²) in [6, 6.07) is 1.37. The minimum absolute atomic E-state index is 0.250. The summed E-state index contributed by atoms with van der Waals surface area (Å²) in [6.45, 7) is 1.35. The van der Waals surface area contributed by atoms with Gasteiger partial charge in [0.1, 0.15) is 0 Å². The standard InChI is InChI=1S/C7H13NO.CH2O2/c9-5-7-2-1-6-3-4-8(6)7;2-1-3/h6-7,9H,1-5H2;1H,(H,2,3). The van der Waals surface area contributed by atoms with Crippen molar-refractivity contribution in [3.63, 3.8) is 0 Å². The third-order valence-electron chi connectivity index (χ3n) is 2.70. The fourth-order valence-electron chi connectivity index (χ4n) is 2.00. The molecule has 2 aliphatic rings. The van der Waals surface area contributed by atoms with E-state index in [-0.39, 0.29) is 6.47 Å². The van der Waals surface area contributed by atoms with E-state index in [1.165, 1.54) is 25.8 Å². The molecule has 2 saturated heterocycles. The van der Waals surface area contributed by atoms with Gasteiger partial charge in [-0.3, -0.25) is 9.69 Å². The lowest BCUT2D eigenvalue weighted by Crippen LogP contribution is -2.48. The van der Waals surface area contributed by atoms with Crippen LogP contribution in [0.15, 0.2) is 0 Å². The van der Waals surface area contributed by atoms with Gasteiger partial charge in [-0.2, -0.15) is 0 Å². The predicted molar refractivity (Wildman–Crippen MR) is 43.9 cm³/mol. The van der Waals surface area contributed by atoms with Crippen LogP contribution in [0.1, 0.15) is 19.3 Å². The second-order valence-corrected chi connectivity index (χ2v) is 3.20. The molecule has 2 fully saturated rings. The van der Waals surface area contributed by atoms with Gasteiger partial charge in [-0.25, -0.2) is 0 Å². The Balaban J connectivity index is 0.000000213. The van der Waals surface area contributed by atoms with E-state index >= 15 is 0 Å². The molecule has 2 atom stereocenters. The van der Waals surface area contributed by atoms with Crippen molar-refractivity contribution in [3.8, 4) is 0 Å². The Kier molecular flexibility index (Phi) is 3.49. The second-order valence-electron chi connectivity index (χ2n) is 3.20. The summed E-state index contributed by atoms with van der Waals surface area (Å²) in [6.07, 6.45) is 3.92. The maximum Gasteiger partial charge on any atom is 0.290 e. The Morgan fingerprint density at radius 1 is 1.42 bits per heavy atom. The second kappa shape index (κ2) is 4.42. The van der Waals surface area contributed by atoms with Gasteiger partial charge in [0.05, 0.1) is 6.61 Å². The summed E-state index contributed by atoms with van der Waals surface area (Å²) >= 11 is 0. The van der Waals surface area contributed by atoms with E-state index in [4.69, 9.17) is 15.0 Å². The van der Waals surface area contributed by atoms with Crippen molar-refractivity contribution in [2.24, 2.45) is 0 Å². The summed E-state index contributed by atoms with van der Waals surface area (Å²) in [5.74, 6) is 0. The van der Waals surface area contributed by atoms with Crippen LogP contribution < -0.4 is 0 Å². The highest BCUT2D eigenvalue weighted by atomic mass is 16.3. The van der Waals surface area contributed by atoms with E-state index < -0.39 is 0 Å². The molecule has 12 heavy (non-hydrogen) atoms. The van der Waals surface area contributed by atoms with Crippen LogP contribution >= 0.6 is 0 Å². The summed E-state index contributed by atoms with van der Waals surface area (Å²) in [5.41, 5.74) is 0. The highest BCUT2D eigenvalue weighted by molar-refractivity contribution is 5.32. The van der Waals surface area contributed by atoms with Crippen molar-refractivity contribution < 1.29 is 15.0 Å². The monoisotopic (exact) mass is 173 g/mol. The van der Waals surface area contributed by atoms with E-state index in [9.17, 15) is 0 Å². The fraction of sp³-hybridized carbons (Fsp3) is 0.875. The van der Waals surface area contributed by atoms with E-state index in [1.54, 1.807) is 0 Å². The number of hydrogen-bond donors (Lipinski definition) is 2. The zero-order chi connectivity index (χ0) is 8.97. The first-order chi connectivity index (χ1) is 5.83. The number of nitrogens with zero attached hydrogens (tertiary/aromatic N) is 1. The maximum atomic E-state index is 8.85. The third-order valence-corrected chi connectivity index (χ3v) is 2.70. The van der Waals surface area contributed by atoms with Gasteiger partial charge in [-0.05, 0) is 19.3 Å². The first-order valence-corrected chi connectivity index (χ1v) is 4.28. The molecule has 2 unspecified atom stereocenters. The van der Waals surface area contributed by atoms with Gasteiger partial charge in [-0.15, -0.1) is 0 Å². The van der Waals surface area contributed by atoms with Crippen LogP contribution in [0.3, 0.4) is 0 Å². The Labute approximate surface area is 71.8 Å². The number of fused-ring (bicyclic) bond motifs is 1. The van der Waals surface area contributed by atoms with Crippen molar-refractivity contribution >= 4 is 6.47 Å². The highest BCUT2D eigenvalue weighted by Crippen LogP contribution is 2.33. The largest absolute Gasteiger partial charge is 0.483 e.